The number of rotatable bonds is 1. The Bertz CT molecular complexity index is 120. The molecule has 10 heavy (non-hydrogen) atoms. The van der Waals surface area contributed by atoms with Crippen molar-refractivity contribution in [3.05, 3.63) is 0 Å². The molecule has 1 fully saturated rings. The number of nitrogens with one attached hydrogen (secondary N) is 2. The van der Waals surface area contributed by atoms with Crippen molar-refractivity contribution in [1.29, 1.82) is 0 Å². The molecule has 1 aliphatic heterocycles. The molecule has 0 bridgehead atoms. The van der Waals surface area contributed by atoms with Gasteiger partial charge in [0.15, 0.2) is 0 Å². The number of piperidine rings is 1. The monoisotopic (exact) mass is 143 g/mol. The lowest BCUT2D eigenvalue weighted by Gasteiger charge is -2.23. The van der Waals surface area contributed by atoms with Crippen LogP contribution in [-0.2, 0) is 0 Å². The number of carbonyl (C=O) groups is 1. The highest BCUT2D eigenvalue weighted by molar-refractivity contribution is 5.71. The first-order chi connectivity index (χ1) is 4.79. The fourth-order valence-electron chi connectivity index (χ4n) is 1.15. The van der Waals surface area contributed by atoms with E-state index in [1.807, 2.05) is 0 Å². The third kappa shape index (κ3) is 2.23. The van der Waals surface area contributed by atoms with Gasteiger partial charge in [-0.1, -0.05) is 0 Å². The third-order valence-corrected chi connectivity index (χ3v) is 1.63. The van der Waals surface area contributed by atoms with Gasteiger partial charge >= 0.3 is 6.03 Å². The van der Waals surface area contributed by atoms with Gasteiger partial charge in [0, 0.05) is 0 Å². The Morgan fingerprint density at radius 2 is 2.40 bits per heavy atom. The molecule has 1 saturated heterocycles. The van der Waals surface area contributed by atoms with Crippen molar-refractivity contribution in [2.45, 2.75) is 25.4 Å². The van der Waals surface area contributed by atoms with E-state index in [1.165, 1.54) is 6.42 Å². The van der Waals surface area contributed by atoms with Gasteiger partial charge in [0.05, 0.1) is 6.17 Å². The molecule has 1 aliphatic rings. The van der Waals surface area contributed by atoms with Gasteiger partial charge in [-0.25, -0.2) is 4.79 Å². The summed E-state index contributed by atoms with van der Waals surface area (Å²) in [4.78, 5) is 10.3. The van der Waals surface area contributed by atoms with Crippen molar-refractivity contribution in [3.63, 3.8) is 0 Å². The molecular formula is C6H13N3O. The predicted octanol–water partition coefficient (Wildman–Crippen LogP) is -0.246. The van der Waals surface area contributed by atoms with E-state index < -0.39 is 6.03 Å². The van der Waals surface area contributed by atoms with Crippen LogP contribution in [0.5, 0.6) is 0 Å². The summed E-state index contributed by atoms with van der Waals surface area (Å²) in [6.07, 6.45) is 3.45. The molecular weight excluding hydrogens is 130 g/mol. The second kappa shape index (κ2) is 3.41. The first-order valence-corrected chi connectivity index (χ1v) is 3.58. The maximum atomic E-state index is 10.3. The highest BCUT2D eigenvalue weighted by Gasteiger charge is 2.12. The Labute approximate surface area is 60.2 Å². The smallest absolute Gasteiger partial charge is 0.313 e. The van der Waals surface area contributed by atoms with E-state index in [0.717, 1.165) is 19.4 Å². The molecule has 2 amide bonds. The second-order valence-corrected chi connectivity index (χ2v) is 2.51. The molecule has 4 heteroatoms. The summed E-state index contributed by atoms with van der Waals surface area (Å²) in [6, 6.07) is -0.445. The molecule has 4 nitrogen and oxygen atoms in total. The van der Waals surface area contributed by atoms with Gasteiger partial charge in [0.2, 0.25) is 0 Å². The largest absolute Gasteiger partial charge is 0.352 e. The van der Waals surface area contributed by atoms with Crippen LogP contribution in [0.3, 0.4) is 0 Å². The minimum absolute atomic E-state index is 0.103. The summed E-state index contributed by atoms with van der Waals surface area (Å²) in [7, 11) is 0. The van der Waals surface area contributed by atoms with E-state index in [4.69, 9.17) is 5.73 Å². The normalized spacial score (nSPS) is 25.8. The molecule has 4 N–H and O–H groups in total. The highest BCUT2D eigenvalue weighted by Crippen LogP contribution is 2.03. The number of carbonyl (C=O) groups excluding carboxylic acids is 1. The molecule has 1 atom stereocenters. The van der Waals surface area contributed by atoms with E-state index >= 15 is 0 Å². The molecule has 1 rings (SSSR count). The minimum atomic E-state index is -0.445. The maximum Gasteiger partial charge on any atom is 0.313 e. The van der Waals surface area contributed by atoms with Crippen molar-refractivity contribution in [2.24, 2.45) is 5.73 Å². The molecule has 0 radical (unpaired) electrons. The highest BCUT2D eigenvalue weighted by atomic mass is 16.2. The summed E-state index contributed by atoms with van der Waals surface area (Å²) < 4.78 is 0. The van der Waals surface area contributed by atoms with Gasteiger partial charge in [-0.05, 0) is 25.8 Å². The Morgan fingerprint density at radius 1 is 1.60 bits per heavy atom. The Balaban J connectivity index is 2.19. The van der Waals surface area contributed by atoms with E-state index in [2.05, 4.69) is 10.6 Å². The van der Waals surface area contributed by atoms with E-state index in [-0.39, 0.29) is 6.17 Å². The zero-order valence-corrected chi connectivity index (χ0v) is 5.89. The third-order valence-electron chi connectivity index (χ3n) is 1.63. The van der Waals surface area contributed by atoms with Crippen LogP contribution in [0.15, 0.2) is 0 Å². The van der Waals surface area contributed by atoms with Crippen molar-refractivity contribution >= 4 is 6.03 Å². The standard InChI is InChI=1S/C6H13N3O/c7-6(10)9-5-3-1-2-4-8-5/h5,8H,1-4H2,(H3,7,9,10). The van der Waals surface area contributed by atoms with Crippen molar-refractivity contribution < 1.29 is 4.79 Å². The minimum Gasteiger partial charge on any atom is -0.352 e. The summed E-state index contributed by atoms with van der Waals surface area (Å²) in [5.74, 6) is 0. The number of nitrogens with two attached hydrogens (primary N) is 1. The van der Waals surface area contributed by atoms with Crippen LogP contribution in [0.4, 0.5) is 4.79 Å². The van der Waals surface area contributed by atoms with Crippen LogP contribution < -0.4 is 16.4 Å². The van der Waals surface area contributed by atoms with Gasteiger partial charge in [0.25, 0.3) is 0 Å². The SMILES string of the molecule is NC(=O)NC1CCCCN1. The average molecular weight is 143 g/mol. The molecule has 1 unspecified atom stereocenters. The molecule has 58 valence electrons. The van der Waals surface area contributed by atoms with Gasteiger partial charge < -0.3 is 11.1 Å². The topological polar surface area (TPSA) is 67.2 Å². The summed E-state index contributed by atoms with van der Waals surface area (Å²) in [6.45, 7) is 0.977. The lowest BCUT2D eigenvalue weighted by atomic mass is 10.1. The van der Waals surface area contributed by atoms with Crippen LogP contribution in [0, 0.1) is 0 Å². The summed E-state index contributed by atoms with van der Waals surface area (Å²) in [5, 5.41) is 5.75. The first-order valence-electron chi connectivity index (χ1n) is 3.58. The van der Waals surface area contributed by atoms with Crippen LogP contribution in [0.25, 0.3) is 0 Å². The fourth-order valence-corrected chi connectivity index (χ4v) is 1.15. The van der Waals surface area contributed by atoms with E-state index in [1.54, 1.807) is 0 Å². The Morgan fingerprint density at radius 3 is 2.90 bits per heavy atom. The van der Waals surface area contributed by atoms with Gasteiger partial charge in [-0.2, -0.15) is 0 Å². The lowest BCUT2D eigenvalue weighted by molar-refractivity contribution is 0.238. The quantitative estimate of drug-likeness (QED) is 0.474. The Hall–Kier alpha value is -0.770. The molecule has 0 spiro atoms. The Kier molecular flexibility index (Phi) is 2.50. The van der Waals surface area contributed by atoms with E-state index in [0.29, 0.717) is 0 Å². The van der Waals surface area contributed by atoms with Gasteiger partial charge in [-0.15, -0.1) is 0 Å². The molecule has 0 aromatic carbocycles. The lowest BCUT2D eigenvalue weighted by Crippen LogP contribution is -2.49. The number of primary amides is 1. The van der Waals surface area contributed by atoms with Crippen molar-refractivity contribution in [1.82, 2.24) is 10.6 Å². The van der Waals surface area contributed by atoms with Crippen molar-refractivity contribution in [3.8, 4) is 0 Å². The van der Waals surface area contributed by atoms with Crippen molar-refractivity contribution in [2.75, 3.05) is 6.54 Å². The van der Waals surface area contributed by atoms with Crippen LogP contribution in [0.1, 0.15) is 19.3 Å². The molecule has 0 saturated carbocycles. The summed E-state index contributed by atoms with van der Waals surface area (Å²) in [5.41, 5.74) is 4.93. The fraction of sp³-hybridized carbons (Fsp3) is 0.833. The van der Waals surface area contributed by atoms with Crippen LogP contribution in [0.2, 0.25) is 0 Å². The number of hydrogen-bond acceptors (Lipinski definition) is 2. The molecule has 1 heterocycles. The van der Waals surface area contributed by atoms with Gasteiger partial charge in [-0.3, -0.25) is 5.32 Å². The average Bonchev–Trinajstić information content (AvgIpc) is 1.88. The van der Waals surface area contributed by atoms with E-state index in [9.17, 15) is 4.79 Å². The van der Waals surface area contributed by atoms with Crippen LogP contribution >= 0.6 is 0 Å². The molecule has 0 aromatic heterocycles. The number of urea groups is 1. The second-order valence-electron chi connectivity index (χ2n) is 2.51. The predicted molar refractivity (Wildman–Crippen MR) is 38.4 cm³/mol. The zero-order valence-electron chi connectivity index (χ0n) is 5.89. The number of hydrogen-bond donors (Lipinski definition) is 3. The van der Waals surface area contributed by atoms with Crippen LogP contribution in [-0.4, -0.2) is 18.7 Å². The van der Waals surface area contributed by atoms with Gasteiger partial charge in [0.1, 0.15) is 0 Å². The number of amides is 2. The maximum absolute atomic E-state index is 10.3. The zero-order chi connectivity index (χ0) is 7.40. The molecule has 0 aromatic rings. The summed E-state index contributed by atoms with van der Waals surface area (Å²) >= 11 is 0. The first kappa shape index (κ1) is 7.34. The molecule has 0 aliphatic carbocycles.